The van der Waals surface area contributed by atoms with E-state index in [-0.39, 0.29) is 0 Å². The molecule has 82 valence electrons. The second kappa shape index (κ2) is 4.35. The van der Waals surface area contributed by atoms with Crippen LogP contribution in [0.1, 0.15) is 27.2 Å². The average Bonchev–Trinajstić information content (AvgIpc) is 2.71. The number of aryl methyl sites for hydroxylation is 2. The number of hydrogen-bond acceptors (Lipinski definition) is 1. The van der Waals surface area contributed by atoms with Gasteiger partial charge in [0.25, 0.3) is 0 Å². The standard InChI is InChI=1S/C14H15NO/c1-11-5-6-13(8-12(11)2)9-15-7-3-4-14(15)10-16/h3-8,10H,9H2,1-2H3. The number of aldehydes is 1. The molecule has 1 aromatic carbocycles. The molecular formula is C14H15NO. The van der Waals surface area contributed by atoms with Crippen molar-refractivity contribution in [3.8, 4) is 0 Å². The van der Waals surface area contributed by atoms with Crippen molar-refractivity contribution in [2.45, 2.75) is 20.4 Å². The van der Waals surface area contributed by atoms with E-state index in [9.17, 15) is 4.79 Å². The lowest BCUT2D eigenvalue weighted by Gasteiger charge is -2.08. The smallest absolute Gasteiger partial charge is 0.166 e. The van der Waals surface area contributed by atoms with Crippen LogP contribution in [0.2, 0.25) is 0 Å². The van der Waals surface area contributed by atoms with Gasteiger partial charge in [-0.3, -0.25) is 4.79 Å². The summed E-state index contributed by atoms with van der Waals surface area (Å²) in [6, 6.07) is 10.1. The molecule has 0 bridgehead atoms. The van der Waals surface area contributed by atoms with Crippen LogP contribution in [0.5, 0.6) is 0 Å². The number of carbonyl (C=O) groups is 1. The topological polar surface area (TPSA) is 22.0 Å². The normalized spacial score (nSPS) is 10.4. The summed E-state index contributed by atoms with van der Waals surface area (Å²) in [5.41, 5.74) is 4.53. The Hall–Kier alpha value is -1.83. The predicted octanol–water partition coefficient (Wildman–Crippen LogP) is 2.97. The number of aromatic nitrogens is 1. The Morgan fingerprint density at radius 1 is 1.19 bits per heavy atom. The maximum Gasteiger partial charge on any atom is 0.166 e. The van der Waals surface area contributed by atoms with Crippen molar-refractivity contribution >= 4 is 6.29 Å². The summed E-state index contributed by atoms with van der Waals surface area (Å²) in [6.07, 6.45) is 2.82. The van der Waals surface area contributed by atoms with E-state index < -0.39 is 0 Å². The first-order valence-corrected chi connectivity index (χ1v) is 5.37. The summed E-state index contributed by atoms with van der Waals surface area (Å²) in [4.78, 5) is 10.8. The summed E-state index contributed by atoms with van der Waals surface area (Å²) in [5.74, 6) is 0. The second-order valence-corrected chi connectivity index (χ2v) is 4.10. The zero-order valence-electron chi connectivity index (χ0n) is 9.60. The summed E-state index contributed by atoms with van der Waals surface area (Å²) < 4.78 is 1.96. The Morgan fingerprint density at radius 2 is 2.00 bits per heavy atom. The molecule has 0 N–H and O–H groups in total. The van der Waals surface area contributed by atoms with Crippen molar-refractivity contribution in [1.29, 1.82) is 0 Å². The summed E-state index contributed by atoms with van der Waals surface area (Å²) in [5, 5.41) is 0. The molecule has 2 nitrogen and oxygen atoms in total. The van der Waals surface area contributed by atoms with E-state index in [1.54, 1.807) is 0 Å². The Morgan fingerprint density at radius 3 is 2.69 bits per heavy atom. The van der Waals surface area contributed by atoms with E-state index in [4.69, 9.17) is 0 Å². The summed E-state index contributed by atoms with van der Waals surface area (Å²) >= 11 is 0. The number of hydrogen-bond donors (Lipinski definition) is 0. The van der Waals surface area contributed by atoms with Gasteiger partial charge in [-0.05, 0) is 42.7 Å². The molecule has 0 atom stereocenters. The van der Waals surface area contributed by atoms with Crippen LogP contribution >= 0.6 is 0 Å². The molecule has 0 unspecified atom stereocenters. The van der Waals surface area contributed by atoms with Crippen molar-refractivity contribution in [3.63, 3.8) is 0 Å². The minimum absolute atomic E-state index is 0.721. The summed E-state index contributed by atoms with van der Waals surface area (Å²) in [6.45, 7) is 4.96. The third kappa shape index (κ3) is 2.06. The van der Waals surface area contributed by atoms with Gasteiger partial charge in [0.05, 0.1) is 5.69 Å². The molecule has 0 fully saturated rings. The highest BCUT2D eigenvalue weighted by molar-refractivity contribution is 5.72. The minimum Gasteiger partial charge on any atom is -0.341 e. The first kappa shape index (κ1) is 10.7. The number of nitrogens with zero attached hydrogens (tertiary/aromatic N) is 1. The first-order chi connectivity index (χ1) is 7.70. The van der Waals surface area contributed by atoms with Gasteiger partial charge in [-0.15, -0.1) is 0 Å². The molecule has 2 aromatic rings. The average molecular weight is 213 g/mol. The highest BCUT2D eigenvalue weighted by atomic mass is 16.1. The molecule has 16 heavy (non-hydrogen) atoms. The maximum atomic E-state index is 10.8. The first-order valence-electron chi connectivity index (χ1n) is 5.37. The van der Waals surface area contributed by atoms with E-state index >= 15 is 0 Å². The van der Waals surface area contributed by atoms with Crippen LogP contribution in [0, 0.1) is 13.8 Å². The van der Waals surface area contributed by atoms with Crippen LogP contribution in [0.25, 0.3) is 0 Å². The van der Waals surface area contributed by atoms with Gasteiger partial charge in [-0.1, -0.05) is 18.2 Å². The molecular weight excluding hydrogens is 198 g/mol. The van der Waals surface area contributed by atoms with E-state index in [2.05, 4.69) is 32.0 Å². The summed E-state index contributed by atoms with van der Waals surface area (Å²) in [7, 11) is 0. The van der Waals surface area contributed by atoms with Crippen LogP contribution in [-0.2, 0) is 6.54 Å². The van der Waals surface area contributed by atoms with Gasteiger partial charge in [-0.25, -0.2) is 0 Å². The van der Waals surface area contributed by atoms with Crippen molar-refractivity contribution in [3.05, 3.63) is 58.9 Å². The highest BCUT2D eigenvalue weighted by Gasteiger charge is 2.01. The van der Waals surface area contributed by atoms with E-state index in [0.29, 0.717) is 0 Å². The fourth-order valence-corrected chi connectivity index (χ4v) is 1.78. The minimum atomic E-state index is 0.721. The van der Waals surface area contributed by atoms with E-state index in [1.807, 2.05) is 22.9 Å². The van der Waals surface area contributed by atoms with Gasteiger partial charge in [0.1, 0.15) is 0 Å². The van der Waals surface area contributed by atoms with Crippen molar-refractivity contribution < 1.29 is 4.79 Å². The molecule has 0 aliphatic rings. The Labute approximate surface area is 95.5 Å². The highest BCUT2D eigenvalue weighted by Crippen LogP contribution is 2.12. The van der Waals surface area contributed by atoms with Crippen molar-refractivity contribution in [2.75, 3.05) is 0 Å². The van der Waals surface area contributed by atoms with Crippen LogP contribution in [0.15, 0.2) is 36.5 Å². The quantitative estimate of drug-likeness (QED) is 0.718. The lowest BCUT2D eigenvalue weighted by atomic mass is 10.1. The number of carbonyl (C=O) groups excluding carboxylic acids is 1. The van der Waals surface area contributed by atoms with Crippen LogP contribution < -0.4 is 0 Å². The van der Waals surface area contributed by atoms with Crippen LogP contribution in [-0.4, -0.2) is 10.9 Å². The molecule has 0 saturated carbocycles. The fourth-order valence-electron chi connectivity index (χ4n) is 1.78. The van der Waals surface area contributed by atoms with Gasteiger partial charge in [0.2, 0.25) is 0 Å². The maximum absolute atomic E-state index is 10.8. The molecule has 0 radical (unpaired) electrons. The third-order valence-corrected chi connectivity index (χ3v) is 2.91. The van der Waals surface area contributed by atoms with Crippen molar-refractivity contribution in [2.24, 2.45) is 0 Å². The molecule has 0 spiro atoms. The predicted molar refractivity (Wildman–Crippen MR) is 64.8 cm³/mol. The zero-order chi connectivity index (χ0) is 11.5. The largest absolute Gasteiger partial charge is 0.341 e. The second-order valence-electron chi connectivity index (χ2n) is 4.10. The number of rotatable bonds is 3. The third-order valence-electron chi connectivity index (χ3n) is 2.91. The molecule has 0 aliphatic carbocycles. The van der Waals surface area contributed by atoms with Crippen molar-refractivity contribution in [1.82, 2.24) is 4.57 Å². The fraction of sp³-hybridized carbons (Fsp3) is 0.214. The van der Waals surface area contributed by atoms with Crippen LogP contribution in [0.3, 0.4) is 0 Å². The Balaban J connectivity index is 2.27. The molecule has 1 heterocycles. The van der Waals surface area contributed by atoms with Gasteiger partial charge < -0.3 is 4.57 Å². The van der Waals surface area contributed by atoms with Gasteiger partial charge in [0.15, 0.2) is 6.29 Å². The molecule has 0 aliphatic heterocycles. The zero-order valence-corrected chi connectivity index (χ0v) is 9.60. The number of benzene rings is 1. The monoisotopic (exact) mass is 213 g/mol. The van der Waals surface area contributed by atoms with E-state index in [1.165, 1.54) is 16.7 Å². The SMILES string of the molecule is Cc1ccc(Cn2cccc2C=O)cc1C. The molecule has 0 amide bonds. The molecule has 1 aromatic heterocycles. The van der Waals surface area contributed by atoms with Gasteiger partial charge in [-0.2, -0.15) is 0 Å². The lowest BCUT2D eigenvalue weighted by Crippen LogP contribution is -2.02. The van der Waals surface area contributed by atoms with E-state index in [0.717, 1.165) is 18.5 Å². The Bertz CT molecular complexity index is 511. The van der Waals surface area contributed by atoms with Gasteiger partial charge in [0, 0.05) is 12.7 Å². The molecule has 2 rings (SSSR count). The lowest BCUT2D eigenvalue weighted by molar-refractivity contribution is 0.111. The van der Waals surface area contributed by atoms with Gasteiger partial charge >= 0.3 is 0 Å². The Kier molecular flexibility index (Phi) is 2.91. The van der Waals surface area contributed by atoms with Crippen LogP contribution in [0.4, 0.5) is 0 Å². The molecule has 0 saturated heterocycles. The molecule has 2 heteroatoms.